The van der Waals surface area contributed by atoms with Crippen LogP contribution in [0.4, 0.5) is 10.5 Å². The molecule has 7 nitrogen and oxygen atoms in total. The number of piperazine rings is 1. The molecular formula is C24H41N3O4. The summed E-state index contributed by atoms with van der Waals surface area (Å²) in [7, 11) is 0. The summed E-state index contributed by atoms with van der Waals surface area (Å²) in [5, 5.41) is 0. The van der Waals surface area contributed by atoms with E-state index >= 15 is 0 Å². The third kappa shape index (κ3) is 8.57. The monoisotopic (exact) mass is 435 g/mol. The molecule has 1 aromatic rings. The highest BCUT2D eigenvalue weighted by molar-refractivity contribution is 5.68. The van der Waals surface area contributed by atoms with Crippen LogP contribution in [-0.4, -0.2) is 67.6 Å². The summed E-state index contributed by atoms with van der Waals surface area (Å²) in [5.74, 6) is 0.836. The number of hydrogen-bond acceptors (Lipinski definition) is 6. The molecule has 1 heterocycles. The molecule has 2 N–H and O–H groups in total. The molecular weight excluding hydrogens is 394 g/mol. The van der Waals surface area contributed by atoms with Crippen LogP contribution >= 0.6 is 0 Å². The third-order valence-corrected chi connectivity index (χ3v) is 5.30. The van der Waals surface area contributed by atoms with E-state index in [1.165, 1.54) is 0 Å². The maximum absolute atomic E-state index is 12.2. The quantitative estimate of drug-likeness (QED) is 0.631. The zero-order valence-corrected chi connectivity index (χ0v) is 20.1. The molecule has 0 spiro atoms. The first-order chi connectivity index (χ1) is 14.5. The van der Waals surface area contributed by atoms with E-state index in [9.17, 15) is 4.79 Å². The van der Waals surface area contributed by atoms with Crippen molar-refractivity contribution in [3.8, 4) is 5.75 Å². The van der Waals surface area contributed by atoms with Crippen molar-refractivity contribution in [1.82, 2.24) is 4.90 Å². The van der Waals surface area contributed by atoms with Crippen LogP contribution in [0.1, 0.15) is 54.4 Å². The van der Waals surface area contributed by atoms with Gasteiger partial charge in [0.1, 0.15) is 17.5 Å². The van der Waals surface area contributed by atoms with Crippen LogP contribution < -0.4 is 15.4 Å². The van der Waals surface area contributed by atoms with Gasteiger partial charge in [-0.15, -0.1) is 0 Å². The van der Waals surface area contributed by atoms with Gasteiger partial charge >= 0.3 is 6.09 Å². The normalized spacial score (nSPS) is 16.2. The lowest BCUT2D eigenvalue weighted by Crippen LogP contribution is -2.50. The summed E-state index contributed by atoms with van der Waals surface area (Å²) in [5.41, 5.74) is 6.08. The highest BCUT2D eigenvalue weighted by Gasteiger charge is 2.26. The predicted molar refractivity (Wildman–Crippen MR) is 125 cm³/mol. The van der Waals surface area contributed by atoms with E-state index < -0.39 is 5.60 Å². The molecule has 1 aliphatic rings. The zero-order valence-electron chi connectivity index (χ0n) is 20.1. The molecule has 1 atom stereocenters. The maximum Gasteiger partial charge on any atom is 0.410 e. The number of anilines is 1. The van der Waals surface area contributed by atoms with E-state index in [0.717, 1.165) is 37.4 Å². The fourth-order valence-electron chi connectivity index (χ4n) is 3.38. The second-order valence-corrected chi connectivity index (χ2v) is 9.71. The van der Waals surface area contributed by atoms with Gasteiger partial charge in [0, 0.05) is 31.9 Å². The summed E-state index contributed by atoms with van der Waals surface area (Å²) in [6, 6.07) is 8.15. The van der Waals surface area contributed by atoms with Crippen LogP contribution in [0.25, 0.3) is 0 Å². The fourth-order valence-corrected chi connectivity index (χ4v) is 3.38. The van der Waals surface area contributed by atoms with Crippen molar-refractivity contribution in [1.29, 1.82) is 0 Å². The van der Waals surface area contributed by atoms with Crippen LogP contribution in [0.3, 0.4) is 0 Å². The van der Waals surface area contributed by atoms with Gasteiger partial charge < -0.3 is 29.7 Å². The Labute approximate surface area is 187 Å². The van der Waals surface area contributed by atoms with Crippen LogP contribution in [0.5, 0.6) is 5.75 Å². The average molecular weight is 436 g/mol. The molecule has 176 valence electrons. The van der Waals surface area contributed by atoms with E-state index in [4.69, 9.17) is 19.9 Å². The van der Waals surface area contributed by atoms with Gasteiger partial charge in [0.2, 0.25) is 0 Å². The van der Waals surface area contributed by atoms with Gasteiger partial charge in [-0.05, 0) is 78.3 Å². The van der Waals surface area contributed by atoms with E-state index in [1.807, 2.05) is 32.9 Å². The highest BCUT2D eigenvalue weighted by Crippen LogP contribution is 2.23. The molecule has 1 aromatic carbocycles. The summed E-state index contributed by atoms with van der Waals surface area (Å²) in [4.78, 5) is 16.3. The number of amides is 1. The van der Waals surface area contributed by atoms with E-state index in [2.05, 4.69) is 37.8 Å². The number of benzene rings is 1. The van der Waals surface area contributed by atoms with Crippen molar-refractivity contribution in [2.75, 3.05) is 44.2 Å². The number of nitrogens with two attached hydrogens (primary N) is 1. The van der Waals surface area contributed by atoms with E-state index in [1.54, 1.807) is 4.90 Å². The molecule has 0 bridgehead atoms. The molecule has 1 saturated heterocycles. The van der Waals surface area contributed by atoms with Crippen molar-refractivity contribution in [3.63, 3.8) is 0 Å². The third-order valence-electron chi connectivity index (χ3n) is 5.30. The highest BCUT2D eigenvalue weighted by atomic mass is 16.6. The molecule has 2 rings (SSSR count). The second kappa shape index (κ2) is 11.0. The van der Waals surface area contributed by atoms with Crippen LogP contribution in [0.2, 0.25) is 0 Å². The molecule has 1 aliphatic heterocycles. The van der Waals surface area contributed by atoms with Gasteiger partial charge in [-0.1, -0.05) is 6.92 Å². The lowest BCUT2D eigenvalue weighted by atomic mass is 10.1. The first kappa shape index (κ1) is 25.3. The SMILES string of the molecule is CCC(COC(C)(C)CCN)Oc1ccc(N2CCN(C(=O)OC(C)(C)C)CC2)cc1. The fraction of sp³-hybridized carbons (Fsp3) is 0.708. The molecule has 0 aromatic heterocycles. The van der Waals surface area contributed by atoms with Gasteiger partial charge in [0.25, 0.3) is 0 Å². The lowest BCUT2D eigenvalue weighted by Gasteiger charge is -2.36. The molecule has 1 unspecified atom stereocenters. The van der Waals surface area contributed by atoms with Crippen molar-refractivity contribution in [2.24, 2.45) is 5.73 Å². The van der Waals surface area contributed by atoms with E-state index in [-0.39, 0.29) is 17.8 Å². The van der Waals surface area contributed by atoms with Crippen molar-refractivity contribution in [2.45, 2.75) is 71.7 Å². The minimum Gasteiger partial charge on any atom is -0.488 e. The molecule has 1 fully saturated rings. The van der Waals surface area contributed by atoms with Gasteiger partial charge in [-0.3, -0.25) is 0 Å². The molecule has 0 aliphatic carbocycles. The first-order valence-corrected chi connectivity index (χ1v) is 11.4. The minimum atomic E-state index is -0.467. The minimum absolute atomic E-state index is 0.000253. The van der Waals surface area contributed by atoms with E-state index in [0.29, 0.717) is 26.2 Å². The Balaban J connectivity index is 1.84. The van der Waals surface area contributed by atoms with Crippen LogP contribution in [0, 0.1) is 0 Å². The van der Waals surface area contributed by atoms with Gasteiger partial charge in [0.05, 0.1) is 12.2 Å². The summed E-state index contributed by atoms with van der Waals surface area (Å²) < 4.78 is 17.6. The number of nitrogens with zero attached hydrogens (tertiary/aromatic N) is 2. The Kier molecular flexibility index (Phi) is 9.01. The number of hydrogen-bond donors (Lipinski definition) is 1. The van der Waals surface area contributed by atoms with Crippen LogP contribution in [-0.2, 0) is 9.47 Å². The largest absolute Gasteiger partial charge is 0.488 e. The molecule has 7 heteroatoms. The second-order valence-electron chi connectivity index (χ2n) is 9.71. The predicted octanol–water partition coefficient (Wildman–Crippen LogP) is 4.05. The smallest absolute Gasteiger partial charge is 0.410 e. The Morgan fingerprint density at radius 2 is 1.68 bits per heavy atom. The molecule has 31 heavy (non-hydrogen) atoms. The Morgan fingerprint density at radius 3 is 2.19 bits per heavy atom. The van der Waals surface area contributed by atoms with Crippen molar-refractivity contribution < 1.29 is 19.0 Å². The average Bonchev–Trinajstić information content (AvgIpc) is 2.70. The zero-order chi connectivity index (χ0) is 23.1. The van der Waals surface area contributed by atoms with Crippen molar-refractivity contribution >= 4 is 11.8 Å². The Bertz CT molecular complexity index is 677. The standard InChI is InChI=1S/C24H41N3O4/c1-7-20(18-29-24(5,6)12-13-25)30-21-10-8-19(9-11-21)26-14-16-27(17-15-26)22(28)31-23(2,3)4/h8-11,20H,7,12-18,25H2,1-6H3. The number of rotatable bonds is 9. The molecule has 0 radical (unpaired) electrons. The maximum atomic E-state index is 12.2. The first-order valence-electron chi connectivity index (χ1n) is 11.4. The Morgan fingerprint density at radius 1 is 1.06 bits per heavy atom. The van der Waals surface area contributed by atoms with Gasteiger partial charge in [-0.25, -0.2) is 4.79 Å². The Hall–Kier alpha value is -1.99. The number of ether oxygens (including phenoxy) is 3. The summed E-state index contributed by atoms with van der Waals surface area (Å²) in [6.07, 6.45) is 1.45. The topological polar surface area (TPSA) is 77.3 Å². The summed E-state index contributed by atoms with van der Waals surface area (Å²) in [6.45, 7) is 15.9. The number of carbonyl (C=O) groups excluding carboxylic acids is 1. The van der Waals surface area contributed by atoms with Crippen molar-refractivity contribution in [3.05, 3.63) is 24.3 Å². The number of carbonyl (C=O) groups is 1. The van der Waals surface area contributed by atoms with Gasteiger partial charge in [-0.2, -0.15) is 0 Å². The molecule has 1 amide bonds. The van der Waals surface area contributed by atoms with Crippen LogP contribution in [0.15, 0.2) is 24.3 Å². The van der Waals surface area contributed by atoms with Gasteiger partial charge in [0.15, 0.2) is 0 Å². The molecule has 0 saturated carbocycles. The summed E-state index contributed by atoms with van der Waals surface area (Å²) >= 11 is 0. The lowest BCUT2D eigenvalue weighted by molar-refractivity contribution is -0.0564.